The Kier molecular flexibility index (Phi) is 5.33. The number of rotatable bonds is 7. The highest BCUT2D eigenvalue weighted by atomic mass is 16.5. The van der Waals surface area contributed by atoms with Crippen LogP contribution in [0.25, 0.3) is 0 Å². The van der Waals surface area contributed by atoms with Gasteiger partial charge in [-0.1, -0.05) is 60.7 Å². The van der Waals surface area contributed by atoms with Gasteiger partial charge in [0, 0.05) is 13.2 Å². The third-order valence-electron chi connectivity index (χ3n) is 3.38. The van der Waals surface area contributed by atoms with Crippen LogP contribution >= 0.6 is 0 Å². The van der Waals surface area contributed by atoms with E-state index in [-0.39, 0.29) is 0 Å². The normalized spacial score (nSPS) is 11.5. The second-order valence-electron chi connectivity index (χ2n) is 4.63. The molecule has 0 aliphatic carbocycles. The predicted octanol–water partition coefficient (Wildman–Crippen LogP) is 4.00. The molecule has 0 saturated carbocycles. The molecule has 0 aromatic heterocycles. The summed E-state index contributed by atoms with van der Waals surface area (Å²) in [5.74, 6) is 0. The van der Waals surface area contributed by atoms with E-state index in [1.807, 2.05) is 50.2 Å². The Morgan fingerprint density at radius 3 is 1.65 bits per heavy atom. The lowest BCUT2D eigenvalue weighted by molar-refractivity contribution is -0.0703. The minimum absolute atomic E-state index is 0.519. The third-order valence-corrected chi connectivity index (χ3v) is 3.38. The van der Waals surface area contributed by atoms with E-state index in [0.29, 0.717) is 19.8 Å². The molecular weight excluding hydrogens is 248 g/mol. The van der Waals surface area contributed by atoms with Gasteiger partial charge >= 0.3 is 0 Å². The maximum absolute atomic E-state index is 6.18. The van der Waals surface area contributed by atoms with Gasteiger partial charge in [-0.05, 0) is 25.0 Å². The molecule has 2 aromatic carbocycles. The fourth-order valence-corrected chi connectivity index (χ4v) is 2.45. The fraction of sp³-hybridized carbons (Fsp3) is 0.333. The van der Waals surface area contributed by atoms with Gasteiger partial charge in [-0.25, -0.2) is 0 Å². The summed E-state index contributed by atoms with van der Waals surface area (Å²) in [6.45, 7) is 5.86. The second kappa shape index (κ2) is 7.22. The van der Waals surface area contributed by atoms with Crippen molar-refractivity contribution in [1.82, 2.24) is 0 Å². The first-order valence-electron chi connectivity index (χ1n) is 7.16. The smallest absolute Gasteiger partial charge is 0.141 e. The molecule has 0 amide bonds. The highest BCUT2D eigenvalue weighted by Gasteiger charge is 2.35. The first kappa shape index (κ1) is 14.8. The summed E-state index contributed by atoms with van der Waals surface area (Å²) >= 11 is 0. The highest BCUT2D eigenvalue weighted by Crippen LogP contribution is 2.34. The van der Waals surface area contributed by atoms with E-state index in [9.17, 15) is 0 Å². The molecule has 106 valence electrons. The molecule has 0 aliphatic heterocycles. The molecule has 2 nitrogen and oxygen atoms in total. The van der Waals surface area contributed by atoms with Crippen LogP contribution in [0.1, 0.15) is 25.0 Å². The maximum atomic E-state index is 6.18. The van der Waals surface area contributed by atoms with Crippen molar-refractivity contribution in [3.05, 3.63) is 71.8 Å². The molecule has 0 heterocycles. The van der Waals surface area contributed by atoms with E-state index in [0.717, 1.165) is 11.1 Å². The van der Waals surface area contributed by atoms with Gasteiger partial charge in [-0.15, -0.1) is 0 Å². The van der Waals surface area contributed by atoms with E-state index >= 15 is 0 Å². The lowest BCUT2D eigenvalue weighted by atomic mass is 9.86. The monoisotopic (exact) mass is 270 g/mol. The fourth-order valence-electron chi connectivity index (χ4n) is 2.45. The number of ether oxygens (including phenoxy) is 2. The zero-order valence-corrected chi connectivity index (χ0v) is 12.2. The van der Waals surface area contributed by atoms with Crippen molar-refractivity contribution in [3.63, 3.8) is 0 Å². The molecule has 0 aliphatic rings. The van der Waals surface area contributed by atoms with Crippen LogP contribution in [0.4, 0.5) is 0 Å². The molecule has 0 fully saturated rings. The Balaban J connectivity index is 2.50. The quantitative estimate of drug-likeness (QED) is 0.757. The summed E-state index contributed by atoms with van der Waals surface area (Å²) in [5.41, 5.74) is 1.72. The molecule has 2 rings (SSSR count). The largest absolute Gasteiger partial charge is 0.378 e. The zero-order chi connectivity index (χ0) is 14.3. The van der Waals surface area contributed by atoms with Gasteiger partial charge in [-0.2, -0.15) is 0 Å². The maximum Gasteiger partial charge on any atom is 0.141 e. The van der Waals surface area contributed by atoms with Gasteiger partial charge in [0.15, 0.2) is 0 Å². The Morgan fingerprint density at radius 2 is 1.25 bits per heavy atom. The molecular formula is C18H22O2. The van der Waals surface area contributed by atoms with Gasteiger partial charge < -0.3 is 9.47 Å². The highest BCUT2D eigenvalue weighted by molar-refractivity contribution is 5.36. The minimum Gasteiger partial charge on any atom is -0.378 e. The average molecular weight is 270 g/mol. The van der Waals surface area contributed by atoms with Crippen molar-refractivity contribution in [2.45, 2.75) is 19.4 Å². The molecule has 0 spiro atoms. The second-order valence-corrected chi connectivity index (χ2v) is 4.63. The summed E-state index contributed by atoms with van der Waals surface area (Å²) in [4.78, 5) is 0. The summed E-state index contributed by atoms with van der Waals surface area (Å²) in [5, 5.41) is 0. The SMILES string of the molecule is CCOCC(OCC)(c1ccccc1)c1ccccc1. The van der Waals surface area contributed by atoms with Crippen LogP contribution in [-0.4, -0.2) is 19.8 Å². The molecule has 0 atom stereocenters. The molecule has 0 saturated heterocycles. The van der Waals surface area contributed by atoms with E-state index in [4.69, 9.17) is 9.47 Å². The van der Waals surface area contributed by atoms with E-state index < -0.39 is 5.60 Å². The van der Waals surface area contributed by atoms with Crippen LogP contribution in [0.5, 0.6) is 0 Å². The standard InChI is InChI=1S/C18H22O2/c1-3-19-15-18(20-4-2,16-11-7-5-8-12-16)17-13-9-6-10-14-17/h5-14H,3-4,15H2,1-2H3. The molecule has 0 radical (unpaired) electrons. The summed E-state index contributed by atoms with van der Waals surface area (Å²) in [7, 11) is 0. The number of benzene rings is 2. The third kappa shape index (κ3) is 3.09. The molecule has 0 bridgehead atoms. The first-order chi connectivity index (χ1) is 9.83. The topological polar surface area (TPSA) is 18.5 Å². The minimum atomic E-state index is -0.534. The Hall–Kier alpha value is -1.64. The van der Waals surface area contributed by atoms with Gasteiger partial charge in [0.25, 0.3) is 0 Å². The predicted molar refractivity (Wildman–Crippen MR) is 81.8 cm³/mol. The van der Waals surface area contributed by atoms with Crippen LogP contribution in [-0.2, 0) is 15.1 Å². The molecule has 2 heteroatoms. The van der Waals surface area contributed by atoms with Crippen molar-refractivity contribution in [2.24, 2.45) is 0 Å². The van der Waals surface area contributed by atoms with Gasteiger partial charge in [0.1, 0.15) is 5.60 Å². The number of hydrogen-bond acceptors (Lipinski definition) is 2. The summed E-state index contributed by atoms with van der Waals surface area (Å²) < 4.78 is 11.9. The van der Waals surface area contributed by atoms with Crippen LogP contribution in [0.15, 0.2) is 60.7 Å². The van der Waals surface area contributed by atoms with E-state index in [1.165, 1.54) is 0 Å². The van der Waals surface area contributed by atoms with Gasteiger partial charge in [-0.3, -0.25) is 0 Å². The lowest BCUT2D eigenvalue weighted by Crippen LogP contribution is -2.36. The average Bonchev–Trinajstić information content (AvgIpc) is 2.53. The van der Waals surface area contributed by atoms with E-state index in [2.05, 4.69) is 24.3 Å². The van der Waals surface area contributed by atoms with Crippen LogP contribution < -0.4 is 0 Å². The summed E-state index contributed by atoms with van der Waals surface area (Å²) in [6.07, 6.45) is 0. The van der Waals surface area contributed by atoms with Crippen molar-refractivity contribution < 1.29 is 9.47 Å². The lowest BCUT2D eigenvalue weighted by Gasteiger charge is -2.34. The number of hydrogen-bond donors (Lipinski definition) is 0. The van der Waals surface area contributed by atoms with Gasteiger partial charge in [0.2, 0.25) is 0 Å². The van der Waals surface area contributed by atoms with Gasteiger partial charge in [0.05, 0.1) is 6.61 Å². The van der Waals surface area contributed by atoms with Crippen molar-refractivity contribution >= 4 is 0 Å². The zero-order valence-electron chi connectivity index (χ0n) is 12.2. The van der Waals surface area contributed by atoms with Crippen molar-refractivity contribution in [3.8, 4) is 0 Å². The van der Waals surface area contributed by atoms with Crippen molar-refractivity contribution in [1.29, 1.82) is 0 Å². The molecule has 0 unspecified atom stereocenters. The first-order valence-corrected chi connectivity index (χ1v) is 7.16. The van der Waals surface area contributed by atoms with Crippen LogP contribution in [0.3, 0.4) is 0 Å². The Bertz CT molecular complexity index is 454. The Labute approximate surface area is 121 Å². The van der Waals surface area contributed by atoms with E-state index in [1.54, 1.807) is 0 Å². The van der Waals surface area contributed by atoms with Crippen LogP contribution in [0.2, 0.25) is 0 Å². The van der Waals surface area contributed by atoms with Crippen LogP contribution in [0, 0.1) is 0 Å². The molecule has 0 N–H and O–H groups in total. The summed E-state index contributed by atoms with van der Waals surface area (Å²) in [6, 6.07) is 20.6. The molecule has 2 aromatic rings. The Morgan fingerprint density at radius 1 is 0.750 bits per heavy atom. The molecule has 20 heavy (non-hydrogen) atoms. The van der Waals surface area contributed by atoms with Crippen molar-refractivity contribution in [2.75, 3.05) is 19.8 Å².